The van der Waals surface area contributed by atoms with E-state index < -0.39 is 0 Å². The second kappa shape index (κ2) is 3.90. The van der Waals surface area contributed by atoms with E-state index in [4.69, 9.17) is 0 Å². The number of thiophene rings is 1. The Hall–Kier alpha value is -0.860. The van der Waals surface area contributed by atoms with Gasteiger partial charge in [0.15, 0.2) is 0 Å². The molecule has 68 valence electrons. The number of benzene rings is 1. The van der Waals surface area contributed by atoms with Crippen molar-refractivity contribution in [3.8, 4) is 0 Å². The maximum Gasteiger partial charge on any atom is 0.0345 e. The average molecular weight is 191 g/mol. The van der Waals surface area contributed by atoms with Gasteiger partial charge in [-0.3, -0.25) is 0 Å². The molecular weight excluding hydrogens is 178 g/mol. The van der Waals surface area contributed by atoms with Crippen LogP contribution in [0.2, 0.25) is 0 Å². The van der Waals surface area contributed by atoms with Crippen molar-refractivity contribution < 1.29 is 0 Å². The van der Waals surface area contributed by atoms with Gasteiger partial charge in [-0.05, 0) is 42.4 Å². The van der Waals surface area contributed by atoms with Crippen LogP contribution in [0.25, 0.3) is 10.1 Å². The lowest BCUT2D eigenvalue weighted by molar-refractivity contribution is 0.796. The molecule has 1 N–H and O–H groups in total. The summed E-state index contributed by atoms with van der Waals surface area (Å²) in [6, 6.07) is 8.60. The number of hydrogen-bond donors (Lipinski definition) is 1. The molecule has 1 aromatic heterocycles. The Balaban J connectivity index is 2.35. The van der Waals surface area contributed by atoms with E-state index in [1.165, 1.54) is 15.6 Å². The Morgan fingerprint density at radius 2 is 2.15 bits per heavy atom. The van der Waals surface area contributed by atoms with Crippen molar-refractivity contribution in [3.05, 3.63) is 35.2 Å². The normalized spacial score (nSPS) is 10.8. The van der Waals surface area contributed by atoms with Gasteiger partial charge in [-0.25, -0.2) is 0 Å². The molecule has 2 rings (SSSR count). The average Bonchev–Trinajstić information content (AvgIpc) is 2.58. The maximum atomic E-state index is 3.18. The Bertz CT molecular complexity index is 392. The fourth-order valence-electron chi connectivity index (χ4n) is 1.49. The molecule has 2 aromatic rings. The number of fused-ring (bicyclic) bond motifs is 1. The largest absolute Gasteiger partial charge is 0.319 e. The first-order valence-corrected chi connectivity index (χ1v) is 5.39. The molecule has 0 spiro atoms. The van der Waals surface area contributed by atoms with Crippen molar-refractivity contribution in [2.75, 3.05) is 13.6 Å². The van der Waals surface area contributed by atoms with E-state index in [0.29, 0.717) is 0 Å². The van der Waals surface area contributed by atoms with Crippen molar-refractivity contribution in [3.63, 3.8) is 0 Å². The highest BCUT2D eigenvalue weighted by Gasteiger charge is 2.01. The minimum Gasteiger partial charge on any atom is -0.319 e. The Labute approximate surface area is 82.4 Å². The molecule has 2 heteroatoms. The second-order valence-corrected chi connectivity index (χ2v) is 4.02. The molecule has 0 aliphatic heterocycles. The first-order valence-electron chi connectivity index (χ1n) is 4.51. The molecule has 0 bridgehead atoms. The number of rotatable bonds is 3. The van der Waals surface area contributed by atoms with Crippen LogP contribution < -0.4 is 5.32 Å². The summed E-state index contributed by atoms with van der Waals surface area (Å²) >= 11 is 1.84. The molecule has 0 radical (unpaired) electrons. The highest BCUT2D eigenvalue weighted by Crippen LogP contribution is 2.25. The molecule has 1 heterocycles. The smallest absolute Gasteiger partial charge is 0.0345 e. The minimum absolute atomic E-state index is 1.06. The molecule has 0 saturated carbocycles. The predicted octanol–water partition coefficient (Wildman–Crippen LogP) is 2.66. The van der Waals surface area contributed by atoms with Crippen LogP contribution in [-0.4, -0.2) is 13.6 Å². The second-order valence-electron chi connectivity index (χ2n) is 3.11. The van der Waals surface area contributed by atoms with Crippen LogP contribution in [-0.2, 0) is 6.42 Å². The molecular formula is C11H13NS. The van der Waals surface area contributed by atoms with E-state index in [1.807, 2.05) is 18.4 Å². The summed E-state index contributed by atoms with van der Waals surface area (Å²) in [5.74, 6) is 0. The molecule has 0 amide bonds. The van der Waals surface area contributed by atoms with Gasteiger partial charge in [-0.1, -0.05) is 18.2 Å². The van der Waals surface area contributed by atoms with E-state index in [-0.39, 0.29) is 0 Å². The third-order valence-corrected chi connectivity index (χ3v) is 3.22. The van der Waals surface area contributed by atoms with Crippen LogP contribution in [0.15, 0.2) is 29.6 Å². The van der Waals surface area contributed by atoms with Gasteiger partial charge >= 0.3 is 0 Å². The van der Waals surface area contributed by atoms with E-state index in [9.17, 15) is 0 Å². The van der Waals surface area contributed by atoms with E-state index in [0.717, 1.165) is 13.0 Å². The summed E-state index contributed by atoms with van der Waals surface area (Å²) in [5.41, 5.74) is 1.47. The third-order valence-electron chi connectivity index (χ3n) is 2.21. The van der Waals surface area contributed by atoms with Crippen LogP contribution in [0.3, 0.4) is 0 Å². The first kappa shape index (κ1) is 8.73. The predicted molar refractivity (Wildman–Crippen MR) is 59.5 cm³/mol. The van der Waals surface area contributed by atoms with Gasteiger partial charge in [0.25, 0.3) is 0 Å². The van der Waals surface area contributed by atoms with Crippen molar-refractivity contribution in [1.82, 2.24) is 5.32 Å². The van der Waals surface area contributed by atoms with Gasteiger partial charge < -0.3 is 5.32 Å². The lowest BCUT2D eigenvalue weighted by Crippen LogP contribution is -2.09. The zero-order valence-corrected chi connectivity index (χ0v) is 8.53. The van der Waals surface area contributed by atoms with Crippen LogP contribution in [0.5, 0.6) is 0 Å². The van der Waals surface area contributed by atoms with E-state index >= 15 is 0 Å². The lowest BCUT2D eigenvalue weighted by atomic mass is 10.1. The van der Waals surface area contributed by atoms with Crippen LogP contribution in [0.1, 0.15) is 5.56 Å². The standard InChI is InChI=1S/C11H13NS/c1-12-7-6-9-8-13-11-5-3-2-4-10(9)11/h2-5,8,12H,6-7H2,1H3. The molecule has 13 heavy (non-hydrogen) atoms. The highest BCUT2D eigenvalue weighted by molar-refractivity contribution is 7.17. The van der Waals surface area contributed by atoms with E-state index in [1.54, 1.807) is 0 Å². The summed E-state index contributed by atoms with van der Waals surface area (Å²) in [5, 5.41) is 6.86. The summed E-state index contributed by atoms with van der Waals surface area (Å²) in [6.07, 6.45) is 1.13. The Morgan fingerprint density at radius 3 is 3.00 bits per heavy atom. The number of likely N-dealkylation sites (N-methyl/N-ethyl adjacent to an activating group) is 1. The van der Waals surface area contributed by atoms with Gasteiger partial charge in [-0.15, -0.1) is 11.3 Å². The maximum absolute atomic E-state index is 3.18. The lowest BCUT2D eigenvalue weighted by Gasteiger charge is -1.97. The number of nitrogens with one attached hydrogen (secondary N) is 1. The number of hydrogen-bond acceptors (Lipinski definition) is 2. The van der Waals surface area contributed by atoms with Crippen molar-refractivity contribution in [2.45, 2.75) is 6.42 Å². The zero-order valence-electron chi connectivity index (χ0n) is 7.71. The third kappa shape index (κ3) is 1.74. The fourth-order valence-corrected chi connectivity index (χ4v) is 2.48. The highest BCUT2D eigenvalue weighted by atomic mass is 32.1. The molecule has 0 fully saturated rings. The van der Waals surface area contributed by atoms with E-state index in [2.05, 4.69) is 35.0 Å². The summed E-state index contributed by atoms with van der Waals surface area (Å²) in [6.45, 7) is 1.06. The van der Waals surface area contributed by atoms with Gasteiger partial charge in [0.1, 0.15) is 0 Å². The first-order chi connectivity index (χ1) is 6.42. The monoisotopic (exact) mass is 191 g/mol. The summed E-state index contributed by atoms with van der Waals surface area (Å²) in [4.78, 5) is 0. The van der Waals surface area contributed by atoms with Gasteiger partial charge in [0, 0.05) is 4.70 Å². The van der Waals surface area contributed by atoms with Crippen molar-refractivity contribution in [1.29, 1.82) is 0 Å². The molecule has 0 aliphatic carbocycles. The van der Waals surface area contributed by atoms with Crippen LogP contribution >= 0.6 is 11.3 Å². The summed E-state index contributed by atoms with van der Waals surface area (Å²) in [7, 11) is 1.99. The SMILES string of the molecule is CNCCc1csc2ccccc12. The van der Waals surface area contributed by atoms with Crippen LogP contribution in [0, 0.1) is 0 Å². The zero-order chi connectivity index (χ0) is 9.10. The van der Waals surface area contributed by atoms with Crippen molar-refractivity contribution in [2.24, 2.45) is 0 Å². The van der Waals surface area contributed by atoms with Crippen molar-refractivity contribution >= 4 is 21.4 Å². The molecule has 1 nitrogen and oxygen atoms in total. The van der Waals surface area contributed by atoms with Gasteiger partial charge in [0.05, 0.1) is 0 Å². The molecule has 0 atom stereocenters. The Kier molecular flexibility index (Phi) is 2.62. The Morgan fingerprint density at radius 1 is 1.31 bits per heavy atom. The van der Waals surface area contributed by atoms with Gasteiger partial charge in [0.2, 0.25) is 0 Å². The quantitative estimate of drug-likeness (QED) is 0.786. The summed E-state index contributed by atoms with van der Waals surface area (Å²) < 4.78 is 1.40. The van der Waals surface area contributed by atoms with Crippen LogP contribution in [0.4, 0.5) is 0 Å². The van der Waals surface area contributed by atoms with Gasteiger partial charge in [-0.2, -0.15) is 0 Å². The topological polar surface area (TPSA) is 12.0 Å². The fraction of sp³-hybridized carbons (Fsp3) is 0.273. The molecule has 0 unspecified atom stereocenters. The molecule has 0 aliphatic rings. The minimum atomic E-state index is 1.06. The molecule has 1 aromatic carbocycles. The molecule has 0 saturated heterocycles.